The molecule has 0 saturated carbocycles. The van der Waals surface area contributed by atoms with Gasteiger partial charge in [0.05, 0.1) is 5.69 Å². The highest BCUT2D eigenvalue weighted by atomic mass is 15.2. The van der Waals surface area contributed by atoms with Gasteiger partial charge in [-0.1, -0.05) is 6.07 Å². The van der Waals surface area contributed by atoms with Crippen LogP contribution in [0.15, 0.2) is 43.2 Å². The van der Waals surface area contributed by atoms with Crippen LogP contribution >= 0.6 is 0 Å². The van der Waals surface area contributed by atoms with Crippen LogP contribution in [0.5, 0.6) is 0 Å². The van der Waals surface area contributed by atoms with E-state index < -0.39 is 0 Å². The van der Waals surface area contributed by atoms with E-state index in [4.69, 9.17) is 0 Å². The number of imidazole rings is 1. The number of pyridine rings is 1. The van der Waals surface area contributed by atoms with Gasteiger partial charge in [-0.05, 0) is 12.1 Å². The van der Waals surface area contributed by atoms with Crippen molar-refractivity contribution < 1.29 is 0 Å². The molecule has 0 aromatic carbocycles. The standard InChI is InChI=1S/C11H11N5/c1-2-5-16-7-10(14-11(16)3-1)4-6-15-8-12-13-9-15/h1-3,5,7-9H,4,6H2. The minimum Gasteiger partial charge on any atom is -0.320 e. The van der Waals surface area contributed by atoms with Crippen LogP contribution < -0.4 is 0 Å². The maximum absolute atomic E-state index is 4.52. The van der Waals surface area contributed by atoms with Gasteiger partial charge >= 0.3 is 0 Å². The molecule has 0 fully saturated rings. The lowest BCUT2D eigenvalue weighted by atomic mass is 10.3. The fourth-order valence-electron chi connectivity index (χ4n) is 1.69. The quantitative estimate of drug-likeness (QED) is 0.656. The van der Waals surface area contributed by atoms with E-state index in [9.17, 15) is 0 Å². The van der Waals surface area contributed by atoms with Gasteiger partial charge in [-0.15, -0.1) is 10.2 Å². The third kappa shape index (κ3) is 1.67. The van der Waals surface area contributed by atoms with Gasteiger partial charge in [0, 0.05) is 25.4 Å². The molecule has 0 aliphatic rings. The molecule has 5 nitrogen and oxygen atoms in total. The van der Waals surface area contributed by atoms with Crippen molar-refractivity contribution >= 4 is 5.65 Å². The lowest BCUT2D eigenvalue weighted by molar-refractivity contribution is 0.685. The average molecular weight is 213 g/mol. The lowest BCUT2D eigenvalue weighted by Gasteiger charge is -1.96. The fourth-order valence-corrected chi connectivity index (χ4v) is 1.69. The summed E-state index contributed by atoms with van der Waals surface area (Å²) in [5, 5.41) is 7.53. The van der Waals surface area contributed by atoms with Crippen LogP contribution in [-0.4, -0.2) is 24.1 Å². The minimum absolute atomic E-state index is 0.858. The van der Waals surface area contributed by atoms with E-state index in [0.29, 0.717) is 0 Å². The third-order valence-electron chi connectivity index (χ3n) is 2.51. The second-order valence-electron chi connectivity index (χ2n) is 3.65. The Bertz CT molecular complexity index is 548. The number of nitrogens with zero attached hydrogens (tertiary/aromatic N) is 5. The van der Waals surface area contributed by atoms with Crippen molar-refractivity contribution in [2.45, 2.75) is 13.0 Å². The molecule has 0 aliphatic carbocycles. The fraction of sp³-hybridized carbons (Fsp3) is 0.182. The van der Waals surface area contributed by atoms with Crippen LogP contribution in [0.4, 0.5) is 0 Å². The first-order valence-corrected chi connectivity index (χ1v) is 5.17. The van der Waals surface area contributed by atoms with Crippen molar-refractivity contribution in [1.29, 1.82) is 0 Å². The lowest BCUT2D eigenvalue weighted by Crippen LogP contribution is -1.98. The SMILES string of the molecule is c1ccn2cc(CCn3cnnc3)nc2c1. The first-order chi connectivity index (χ1) is 7.92. The van der Waals surface area contributed by atoms with Gasteiger partial charge in [0.2, 0.25) is 0 Å². The number of hydrogen-bond acceptors (Lipinski definition) is 3. The normalized spacial score (nSPS) is 11.0. The van der Waals surface area contributed by atoms with Gasteiger partial charge in [0.15, 0.2) is 0 Å². The molecule has 3 heterocycles. The Morgan fingerprint density at radius 3 is 2.81 bits per heavy atom. The van der Waals surface area contributed by atoms with Crippen molar-refractivity contribution in [2.24, 2.45) is 0 Å². The summed E-state index contributed by atoms with van der Waals surface area (Å²) >= 11 is 0. The molecule has 0 aliphatic heterocycles. The summed E-state index contributed by atoms with van der Waals surface area (Å²) in [6.45, 7) is 0.858. The van der Waals surface area contributed by atoms with Crippen LogP contribution in [0.3, 0.4) is 0 Å². The Kier molecular flexibility index (Phi) is 2.14. The van der Waals surface area contributed by atoms with E-state index >= 15 is 0 Å². The number of rotatable bonds is 3. The van der Waals surface area contributed by atoms with Gasteiger partial charge < -0.3 is 8.97 Å². The van der Waals surface area contributed by atoms with E-state index in [1.807, 2.05) is 33.4 Å². The molecular formula is C11H11N5. The molecular weight excluding hydrogens is 202 g/mol. The molecule has 0 amide bonds. The Labute approximate surface area is 92.4 Å². The maximum atomic E-state index is 4.52. The van der Waals surface area contributed by atoms with Gasteiger partial charge in [0.1, 0.15) is 18.3 Å². The summed E-state index contributed by atoms with van der Waals surface area (Å²) in [5.41, 5.74) is 2.07. The summed E-state index contributed by atoms with van der Waals surface area (Å²) in [6.07, 6.45) is 8.38. The molecule has 3 rings (SSSR count). The van der Waals surface area contributed by atoms with Crippen LogP contribution in [0, 0.1) is 0 Å². The topological polar surface area (TPSA) is 48.0 Å². The monoisotopic (exact) mass is 213 g/mol. The number of aryl methyl sites for hydroxylation is 2. The first-order valence-electron chi connectivity index (χ1n) is 5.17. The van der Waals surface area contributed by atoms with E-state index in [-0.39, 0.29) is 0 Å². The summed E-state index contributed by atoms with van der Waals surface area (Å²) in [6, 6.07) is 5.99. The first kappa shape index (κ1) is 9.08. The molecule has 16 heavy (non-hydrogen) atoms. The van der Waals surface area contributed by atoms with Gasteiger partial charge in [0.25, 0.3) is 0 Å². The Balaban J connectivity index is 1.79. The highest BCUT2D eigenvalue weighted by Gasteiger charge is 2.00. The summed E-state index contributed by atoms with van der Waals surface area (Å²) in [4.78, 5) is 4.52. The third-order valence-corrected chi connectivity index (χ3v) is 2.51. The minimum atomic E-state index is 0.858. The average Bonchev–Trinajstić information content (AvgIpc) is 2.95. The molecule has 5 heteroatoms. The maximum Gasteiger partial charge on any atom is 0.136 e. The van der Waals surface area contributed by atoms with Crippen LogP contribution in [-0.2, 0) is 13.0 Å². The van der Waals surface area contributed by atoms with Gasteiger partial charge in [-0.25, -0.2) is 4.98 Å². The van der Waals surface area contributed by atoms with Crippen molar-refractivity contribution in [2.75, 3.05) is 0 Å². The molecule has 80 valence electrons. The zero-order valence-electron chi connectivity index (χ0n) is 8.69. The van der Waals surface area contributed by atoms with Gasteiger partial charge in [-0.3, -0.25) is 0 Å². The van der Waals surface area contributed by atoms with Crippen molar-refractivity contribution in [3.63, 3.8) is 0 Å². The van der Waals surface area contributed by atoms with Crippen LogP contribution in [0.2, 0.25) is 0 Å². The van der Waals surface area contributed by atoms with Crippen molar-refractivity contribution in [3.8, 4) is 0 Å². The van der Waals surface area contributed by atoms with Gasteiger partial charge in [-0.2, -0.15) is 0 Å². The highest BCUT2D eigenvalue weighted by molar-refractivity contribution is 5.39. The molecule has 0 atom stereocenters. The zero-order chi connectivity index (χ0) is 10.8. The predicted molar refractivity (Wildman–Crippen MR) is 58.9 cm³/mol. The molecule has 0 spiro atoms. The molecule has 0 radical (unpaired) electrons. The Hall–Kier alpha value is -2.17. The molecule has 0 saturated heterocycles. The Morgan fingerprint density at radius 1 is 1.12 bits per heavy atom. The summed E-state index contributed by atoms with van der Waals surface area (Å²) < 4.78 is 3.98. The van der Waals surface area contributed by atoms with Crippen LogP contribution in [0.25, 0.3) is 5.65 Å². The largest absolute Gasteiger partial charge is 0.320 e. The van der Waals surface area contributed by atoms with E-state index in [2.05, 4.69) is 21.4 Å². The van der Waals surface area contributed by atoms with E-state index in [1.165, 1.54) is 0 Å². The molecule has 0 bridgehead atoms. The zero-order valence-corrected chi connectivity index (χ0v) is 8.69. The second-order valence-corrected chi connectivity index (χ2v) is 3.65. The summed E-state index contributed by atoms with van der Waals surface area (Å²) in [5.74, 6) is 0. The highest BCUT2D eigenvalue weighted by Crippen LogP contribution is 2.05. The molecule has 0 unspecified atom stereocenters. The van der Waals surface area contributed by atoms with E-state index in [0.717, 1.165) is 24.3 Å². The molecule has 3 aromatic rings. The summed E-state index contributed by atoms with van der Waals surface area (Å²) in [7, 11) is 0. The van der Waals surface area contributed by atoms with Crippen molar-refractivity contribution in [3.05, 3.63) is 48.9 Å². The molecule has 3 aromatic heterocycles. The van der Waals surface area contributed by atoms with Crippen LogP contribution in [0.1, 0.15) is 5.69 Å². The smallest absolute Gasteiger partial charge is 0.136 e. The second kappa shape index (κ2) is 3.77. The number of aromatic nitrogens is 5. The predicted octanol–water partition coefficient (Wildman–Crippen LogP) is 1.17. The Morgan fingerprint density at radius 2 is 2.00 bits per heavy atom. The molecule has 0 N–H and O–H groups in total. The number of hydrogen-bond donors (Lipinski definition) is 0. The van der Waals surface area contributed by atoms with Crippen molar-refractivity contribution in [1.82, 2.24) is 24.1 Å². The van der Waals surface area contributed by atoms with E-state index in [1.54, 1.807) is 12.7 Å². The number of fused-ring (bicyclic) bond motifs is 1.